The Morgan fingerprint density at radius 3 is 1.78 bits per heavy atom. The van der Waals surface area contributed by atoms with Crippen molar-refractivity contribution in [3.63, 3.8) is 0 Å². The zero-order valence-corrected chi connectivity index (χ0v) is 18.7. The summed E-state index contributed by atoms with van der Waals surface area (Å²) in [5.74, 6) is -0.213. The highest BCUT2D eigenvalue weighted by atomic mass is 79.9. The second-order valence-corrected chi connectivity index (χ2v) is 8.52. The van der Waals surface area contributed by atoms with Gasteiger partial charge in [-0.25, -0.2) is 0 Å². The molecule has 0 N–H and O–H groups in total. The predicted octanol–water partition coefficient (Wildman–Crippen LogP) is 7.10. The first-order valence-corrected chi connectivity index (χ1v) is 10.4. The molecule has 0 aliphatic carbocycles. The second kappa shape index (κ2) is 8.91. The molecule has 0 saturated carbocycles. The van der Waals surface area contributed by atoms with E-state index in [1.54, 1.807) is 36.4 Å². The molecule has 0 atom stereocenters. The SMILES string of the molecule is O=C(/C=C/c1cc(Br)ccc1C(=O)c1ccc(Br)cc1)c1ccc(Br)cc1. The highest BCUT2D eigenvalue weighted by Crippen LogP contribution is 2.22. The summed E-state index contributed by atoms with van der Waals surface area (Å²) in [7, 11) is 0. The fourth-order valence-corrected chi connectivity index (χ4v) is 3.42. The van der Waals surface area contributed by atoms with E-state index in [2.05, 4.69) is 47.8 Å². The summed E-state index contributed by atoms with van der Waals surface area (Å²) in [6.45, 7) is 0. The van der Waals surface area contributed by atoms with Crippen LogP contribution >= 0.6 is 47.8 Å². The summed E-state index contributed by atoms with van der Waals surface area (Å²) < 4.78 is 2.66. The molecule has 3 aromatic rings. The Balaban J connectivity index is 1.92. The van der Waals surface area contributed by atoms with Crippen molar-refractivity contribution in [3.05, 3.63) is 108 Å². The van der Waals surface area contributed by atoms with E-state index < -0.39 is 0 Å². The predicted molar refractivity (Wildman–Crippen MR) is 119 cm³/mol. The summed E-state index contributed by atoms with van der Waals surface area (Å²) in [6.07, 6.45) is 3.17. The Hall–Kier alpha value is -1.82. The first-order valence-electron chi connectivity index (χ1n) is 8.02. The minimum Gasteiger partial charge on any atom is -0.289 e. The maximum absolute atomic E-state index is 12.9. The van der Waals surface area contributed by atoms with Gasteiger partial charge in [0.2, 0.25) is 0 Å². The molecule has 0 aliphatic heterocycles. The van der Waals surface area contributed by atoms with E-state index >= 15 is 0 Å². The molecule has 0 fully saturated rings. The highest BCUT2D eigenvalue weighted by Gasteiger charge is 2.13. The zero-order chi connectivity index (χ0) is 19.4. The van der Waals surface area contributed by atoms with Gasteiger partial charge in [-0.15, -0.1) is 0 Å². The molecule has 0 radical (unpaired) electrons. The molecule has 3 rings (SSSR count). The van der Waals surface area contributed by atoms with Gasteiger partial charge in [-0.05, 0) is 78.4 Å². The number of carbonyl (C=O) groups excluding carboxylic acids is 2. The number of carbonyl (C=O) groups is 2. The van der Waals surface area contributed by atoms with Crippen LogP contribution in [-0.4, -0.2) is 11.6 Å². The fraction of sp³-hybridized carbons (Fsp3) is 0. The smallest absolute Gasteiger partial charge is 0.193 e. The van der Waals surface area contributed by atoms with E-state index in [0.717, 1.165) is 13.4 Å². The topological polar surface area (TPSA) is 34.1 Å². The quantitative estimate of drug-likeness (QED) is 0.252. The Bertz CT molecular complexity index is 1020. The van der Waals surface area contributed by atoms with Gasteiger partial charge in [0.15, 0.2) is 11.6 Å². The molecule has 0 amide bonds. The van der Waals surface area contributed by atoms with Crippen LogP contribution in [0.25, 0.3) is 6.08 Å². The van der Waals surface area contributed by atoms with Gasteiger partial charge in [-0.1, -0.05) is 53.9 Å². The van der Waals surface area contributed by atoms with E-state index in [1.165, 1.54) is 6.08 Å². The maximum Gasteiger partial charge on any atom is 0.193 e. The Kier molecular flexibility index (Phi) is 6.58. The van der Waals surface area contributed by atoms with Gasteiger partial charge in [0.1, 0.15) is 0 Å². The number of hydrogen-bond donors (Lipinski definition) is 0. The average molecular weight is 549 g/mol. The lowest BCUT2D eigenvalue weighted by molar-refractivity contribution is 0.103. The van der Waals surface area contributed by atoms with Gasteiger partial charge in [-0.2, -0.15) is 0 Å². The molecule has 0 unspecified atom stereocenters. The van der Waals surface area contributed by atoms with Gasteiger partial charge in [0.25, 0.3) is 0 Å². The van der Waals surface area contributed by atoms with Crippen LogP contribution in [0.1, 0.15) is 31.8 Å². The largest absolute Gasteiger partial charge is 0.289 e. The van der Waals surface area contributed by atoms with Crippen LogP contribution in [0.2, 0.25) is 0 Å². The monoisotopic (exact) mass is 546 g/mol. The van der Waals surface area contributed by atoms with Gasteiger partial charge in [-0.3, -0.25) is 9.59 Å². The Morgan fingerprint density at radius 1 is 0.667 bits per heavy atom. The van der Waals surface area contributed by atoms with Crippen LogP contribution in [0.15, 0.2) is 86.2 Å². The lowest BCUT2D eigenvalue weighted by atomic mass is 9.97. The summed E-state index contributed by atoms with van der Waals surface area (Å²) >= 11 is 10.2. The van der Waals surface area contributed by atoms with Crippen LogP contribution in [0.5, 0.6) is 0 Å². The first-order chi connectivity index (χ1) is 12.9. The van der Waals surface area contributed by atoms with Gasteiger partial charge >= 0.3 is 0 Å². The minimum absolute atomic E-state index is 0.0919. The van der Waals surface area contributed by atoms with E-state index in [9.17, 15) is 9.59 Å². The second-order valence-electron chi connectivity index (χ2n) is 5.77. The number of allylic oxidation sites excluding steroid dienone is 1. The fourth-order valence-electron chi connectivity index (χ4n) is 2.51. The molecule has 27 heavy (non-hydrogen) atoms. The number of ketones is 2. The third kappa shape index (κ3) is 5.12. The van der Waals surface area contributed by atoms with E-state index in [1.807, 2.05) is 36.4 Å². The van der Waals surface area contributed by atoms with Crippen molar-refractivity contribution in [2.24, 2.45) is 0 Å². The van der Waals surface area contributed by atoms with Gasteiger partial charge in [0.05, 0.1) is 0 Å². The molecular formula is C22H13Br3O2. The molecule has 0 saturated heterocycles. The standard InChI is InChI=1S/C22H13Br3O2/c23-17-6-1-14(2-7-17)21(26)12-5-16-13-19(25)10-11-20(16)22(27)15-3-8-18(24)9-4-15/h1-13H/b12-5+. The minimum atomic E-state index is -0.121. The van der Waals surface area contributed by atoms with E-state index in [4.69, 9.17) is 0 Å². The number of halogens is 3. The van der Waals surface area contributed by atoms with Crippen molar-refractivity contribution in [1.29, 1.82) is 0 Å². The van der Waals surface area contributed by atoms with Crippen LogP contribution in [0.3, 0.4) is 0 Å². The summed E-state index contributed by atoms with van der Waals surface area (Å²) in [4.78, 5) is 25.3. The van der Waals surface area contributed by atoms with Gasteiger partial charge < -0.3 is 0 Å². The van der Waals surface area contributed by atoms with Gasteiger partial charge in [0, 0.05) is 30.1 Å². The molecule has 0 bridgehead atoms. The molecule has 5 heteroatoms. The number of rotatable bonds is 5. The summed E-state index contributed by atoms with van der Waals surface area (Å²) in [6, 6.07) is 19.8. The Morgan fingerprint density at radius 2 is 1.19 bits per heavy atom. The number of benzene rings is 3. The van der Waals surface area contributed by atoms with Crippen LogP contribution in [-0.2, 0) is 0 Å². The van der Waals surface area contributed by atoms with Crippen LogP contribution in [0.4, 0.5) is 0 Å². The van der Waals surface area contributed by atoms with E-state index in [0.29, 0.717) is 22.3 Å². The molecule has 134 valence electrons. The number of hydrogen-bond acceptors (Lipinski definition) is 2. The molecule has 0 heterocycles. The molecule has 3 aromatic carbocycles. The van der Waals surface area contributed by atoms with Crippen molar-refractivity contribution in [3.8, 4) is 0 Å². The molecule has 0 aliphatic rings. The third-order valence-electron chi connectivity index (χ3n) is 3.91. The van der Waals surface area contributed by atoms with Crippen LogP contribution < -0.4 is 0 Å². The first kappa shape index (κ1) is 19.9. The molecule has 0 aromatic heterocycles. The van der Waals surface area contributed by atoms with Crippen molar-refractivity contribution >= 4 is 65.4 Å². The van der Waals surface area contributed by atoms with Crippen molar-refractivity contribution in [2.45, 2.75) is 0 Å². The van der Waals surface area contributed by atoms with E-state index in [-0.39, 0.29) is 11.6 Å². The third-order valence-corrected chi connectivity index (χ3v) is 5.46. The normalized spacial score (nSPS) is 10.9. The average Bonchev–Trinajstić information content (AvgIpc) is 2.67. The molecule has 0 spiro atoms. The van der Waals surface area contributed by atoms with Crippen molar-refractivity contribution < 1.29 is 9.59 Å². The molecule has 2 nitrogen and oxygen atoms in total. The summed E-state index contributed by atoms with van der Waals surface area (Å²) in [5, 5.41) is 0. The Labute approximate surface area is 182 Å². The lowest BCUT2D eigenvalue weighted by Gasteiger charge is -2.07. The summed E-state index contributed by atoms with van der Waals surface area (Å²) in [5.41, 5.74) is 2.41. The lowest BCUT2D eigenvalue weighted by Crippen LogP contribution is -2.04. The van der Waals surface area contributed by atoms with Crippen molar-refractivity contribution in [1.82, 2.24) is 0 Å². The molecular weight excluding hydrogens is 536 g/mol. The highest BCUT2D eigenvalue weighted by molar-refractivity contribution is 9.11. The van der Waals surface area contributed by atoms with Crippen molar-refractivity contribution in [2.75, 3.05) is 0 Å². The zero-order valence-electron chi connectivity index (χ0n) is 14.0. The van der Waals surface area contributed by atoms with Crippen LogP contribution in [0, 0.1) is 0 Å². The maximum atomic E-state index is 12.9.